The molecule has 0 aromatic heterocycles. The van der Waals surface area contributed by atoms with Crippen molar-refractivity contribution >= 4 is 34.4 Å². The monoisotopic (exact) mass is 427 g/mol. The second kappa shape index (κ2) is 8.56. The fraction of sp³-hybridized carbons (Fsp3) is 0.579. The molecular weight excluding hydrogens is 401 g/mol. The van der Waals surface area contributed by atoms with Gasteiger partial charge in [-0.25, -0.2) is 14.0 Å². The topological polar surface area (TPSA) is 88.2 Å². The zero-order valence-corrected chi connectivity index (χ0v) is 17.6. The number of alkyl carbamates (subject to hydrolysis) is 1. The molecule has 1 N–H and O–H groups in total. The number of hydrogen-bond donors (Lipinski definition) is 1. The van der Waals surface area contributed by atoms with Crippen molar-refractivity contribution in [3.63, 3.8) is 0 Å². The fourth-order valence-electron chi connectivity index (χ4n) is 3.15. The SMILES string of the molecule is CC(C)(C)OC(=O)NC[C@H]1CN(c2ccc(N3CCS(=O)CC3)c(F)c2)C(=O)O1. The molecule has 29 heavy (non-hydrogen) atoms. The van der Waals surface area contributed by atoms with Gasteiger partial charge in [-0.15, -0.1) is 0 Å². The maximum absolute atomic E-state index is 14.7. The van der Waals surface area contributed by atoms with Crippen LogP contribution in [0.5, 0.6) is 0 Å². The predicted molar refractivity (Wildman–Crippen MR) is 108 cm³/mol. The molecule has 10 heteroatoms. The highest BCUT2D eigenvalue weighted by atomic mass is 32.2. The summed E-state index contributed by atoms with van der Waals surface area (Å²) in [6, 6.07) is 4.58. The van der Waals surface area contributed by atoms with Gasteiger partial charge < -0.3 is 19.7 Å². The van der Waals surface area contributed by atoms with Crippen LogP contribution in [-0.4, -0.2) is 65.8 Å². The zero-order valence-electron chi connectivity index (χ0n) is 16.8. The molecular formula is C19H26FN3O5S. The Morgan fingerprint density at radius 3 is 2.66 bits per heavy atom. The first-order valence-electron chi connectivity index (χ1n) is 9.47. The normalized spacial score (nSPS) is 20.6. The second-order valence-corrected chi connectivity index (χ2v) is 9.67. The molecule has 2 fully saturated rings. The van der Waals surface area contributed by atoms with E-state index in [1.165, 1.54) is 11.0 Å². The van der Waals surface area contributed by atoms with Crippen LogP contribution >= 0.6 is 0 Å². The van der Waals surface area contributed by atoms with Gasteiger partial charge in [-0.1, -0.05) is 0 Å². The molecule has 0 spiro atoms. The number of hydrogen-bond acceptors (Lipinski definition) is 6. The Balaban J connectivity index is 1.59. The highest BCUT2D eigenvalue weighted by Gasteiger charge is 2.33. The minimum Gasteiger partial charge on any atom is -0.444 e. The van der Waals surface area contributed by atoms with Crippen LogP contribution in [0.4, 0.5) is 25.4 Å². The van der Waals surface area contributed by atoms with Gasteiger partial charge >= 0.3 is 12.2 Å². The number of cyclic esters (lactones) is 1. The van der Waals surface area contributed by atoms with Crippen molar-refractivity contribution in [3.05, 3.63) is 24.0 Å². The van der Waals surface area contributed by atoms with E-state index < -0.39 is 40.5 Å². The molecule has 0 aliphatic carbocycles. The third kappa shape index (κ3) is 5.59. The van der Waals surface area contributed by atoms with Crippen LogP contribution < -0.4 is 15.1 Å². The molecule has 0 unspecified atom stereocenters. The number of nitrogens with zero attached hydrogens (tertiary/aromatic N) is 2. The number of nitrogens with one attached hydrogen (secondary N) is 1. The molecule has 0 bridgehead atoms. The number of benzene rings is 1. The molecule has 2 aliphatic heterocycles. The van der Waals surface area contributed by atoms with Crippen molar-refractivity contribution < 1.29 is 27.7 Å². The average Bonchev–Trinajstić information content (AvgIpc) is 3.00. The van der Waals surface area contributed by atoms with Gasteiger partial charge in [-0.2, -0.15) is 0 Å². The number of carbonyl (C=O) groups excluding carboxylic acids is 2. The van der Waals surface area contributed by atoms with Crippen molar-refractivity contribution in [1.29, 1.82) is 0 Å². The number of carbonyl (C=O) groups is 2. The second-order valence-electron chi connectivity index (χ2n) is 7.97. The zero-order chi connectivity index (χ0) is 21.2. The Hall–Kier alpha value is -2.36. The van der Waals surface area contributed by atoms with Crippen LogP contribution in [-0.2, 0) is 20.3 Å². The third-order valence-electron chi connectivity index (χ3n) is 4.51. The summed E-state index contributed by atoms with van der Waals surface area (Å²) in [5, 5.41) is 2.57. The Kier molecular flexibility index (Phi) is 6.30. The molecule has 3 rings (SSSR count). The lowest BCUT2D eigenvalue weighted by molar-refractivity contribution is 0.0496. The van der Waals surface area contributed by atoms with E-state index in [4.69, 9.17) is 9.47 Å². The van der Waals surface area contributed by atoms with Gasteiger partial charge in [-0.05, 0) is 39.0 Å². The molecule has 2 amide bonds. The Morgan fingerprint density at radius 2 is 2.03 bits per heavy atom. The Bertz CT molecular complexity index is 804. The Labute approximate surface area is 171 Å². The summed E-state index contributed by atoms with van der Waals surface area (Å²) in [6.45, 7) is 6.63. The van der Waals surface area contributed by atoms with Gasteiger partial charge in [0.05, 0.1) is 24.5 Å². The van der Waals surface area contributed by atoms with Crippen LogP contribution in [0.3, 0.4) is 0 Å². The molecule has 2 heterocycles. The average molecular weight is 427 g/mol. The van der Waals surface area contributed by atoms with Gasteiger partial charge in [0.15, 0.2) is 0 Å². The minimum absolute atomic E-state index is 0.0998. The summed E-state index contributed by atoms with van der Waals surface area (Å²) in [7, 11) is -0.840. The standard InChI is InChI=1S/C19H26FN3O5S/c1-19(2,3)28-17(24)21-11-14-12-23(18(25)27-14)13-4-5-16(15(20)10-13)22-6-8-29(26)9-7-22/h4-5,10,14H,6-9,11-12H2,1-3H3,(H,21,24)/t14-/m0/s1. The van der Waals surface area contributed by atoms with Crippen LogP contribution in [0.25, 0.3) is 0 Å². The summed E-state index contributed by atoms with van der Waals surface area (Å²) in [6.07, 6.45) is -1.75. The van der Waals surface area contributed by atoms with E-state index in [1.54, 1.807) is 32.9 Å². The summed E-state index contributed by atoms with van der Waals surface area (Å²) < 4.78 is 36.5. The molecule has 1 aromatic carbocycles. The van der Waals surface area contributed by atoms with Gasteiger partial charge in [0, 0.05) is 35.4 Å². The molecule has 0 saturated carbocycles. The van der Waals surface area contributed by atoms with E-state index >= 15 is 0 Å². The van der Waals surface area contributed by atoms with Crippen molar-refractivity contribution in [1.82, 2.24) is 5.32 Å². The predicted octanol–water partition coefficient (Wildman–Crippen LogP) is 2.24. The number of rotatable bonds is 4. The van der Waals surface area contributed by atoms with Crippen LogP contribution in [0.2, 0.25) is 0 Å². The third-order valence-corrected chi connectivity index (χ3v) is 5.78. The molecule has 160 valence electrons. The van der Waals surface area contributed by atoms with E-state index in [-0.39, 0.29) is 13.1 Å². The summed E-state index contributed by atoms with van der Waals surface area (Å²) in [4.78, 5) is 27.1. The number of anilines is 2. The van der Waals surface area contributed by atoms with Crippen molar-refractivity contribution in [2.75, 3.05) is 47.5 Å². The summed E-state index contributed by atoms with van der Waals surface area (Å²) >= 11 is 0. The number of ether oxygens (including phenoxy) is 2. The first-order valence-corrected chi connectivity index (χ1v) is 11.0. The van der Waals surface area contributed by atoms with Gasteiger partial charge in [-0.3, -0.25) is 9.11 Å². The van der Waals surface area contributed by atoms with E-state index in [0.29, 0.717) is 36.0 Å². The lowest BCUT2D eigenvalue weighted by Gasteiger charge is -2.29. The molecule has 2 saturated heterocycles. The minimum atomic E-state index is -0.840. The van der Waals surface area contributed by atoms with E-state index in [2.05, 4.69) is 5.32 Å². The maximum Gasteiger partial charge on any atom is 0.414 e. The quantitative estimate of drug-likeness (QED) is 0.793. The molecule has 8 nitrogen and oxygen atoms in total. The van der Waals surface area contributed by atoms with Gasteiger partial charge in [0.1, 0.15) is 17.5 Å². The van der Waals surface area contributed by atoms with Crippen molar-refractivity contribution in [2.45, 2.75) is 32.5 Å². The largest absolute Gasteiger partial charge is 0.444 e. The van der Waals surface area contributed by atoms with Gasteiger partial charge in [0.2, 0.25) is 0 Å². The number of halogens is 1. The molecule has 1 aromatic rings. The number of amides is 2. The van der Waals surface area contributed by atoms with E-state index in [0.717, 1.165) is 0 Å². The summed E-state index contributed by atoms with van der Waals surface area (Å²) in [5.41, 5.74) is 0.197. The van der Waals surface area contributed by atoms with Gasteiger partial charge in [0.25, 0.3) is 0 Å². The lowest BCUT2D eigenvalue weighted by atomic mass is 10.2. The fourth-order valence-corrected chi connectivity index (χ4v) is 4.20. The van der Waals surface area contributed by atoms with E-state index in [9.17, 15) is 18.2 Å². The molecule has 2 aliphatic rings. The van der Waals surface area contributed by atoms with Crippen molar-refractivity contribution in [2.24, 2.45) is 0 Å². The smallest absolute Gasteiger partial charge is 0.414 e. The first kappa shape index (κ1) is 21.4. The summed E-state index contributed by atoms with van der Waals surface area (Å²) in [5.74, 6) is 0.594. The highest BCUT2D eigenvalue weighted by molar-refractivity contribution is 7.85. The first-order chi connectivity index (χ1) is 13.6. The molecule has 0 radical (unpaired) electrons. The molecule has 1 atom stereocenters. The van der Waals surface area contributed by atoms with Crippen LogP contribution in [0.1, 0.15) is 20.8 Å². The van der Waals surface area contributed by atoms with Crippen LogP contribution in [0, 0.1) is 5.82 Å². The Morgan fingerprint density at radius 1 is 1.34 bits per heavy atom. The maximum atomic E-state index is 14.7. The van der Waals surface area contributed by atoms with Crippen LogP contribution in [0.15, 0.2) is 18.2 Å². The van der Waals surface area contributed by atoms with E-state index in [1.807, 2.05) is 4.90 Å². The highest BCUT2D eigenvalue weighted by Crippen LogP contribution is 2.28. The lowest BCUT2D eigenvalue weighted by Crippen LogP contribution is -2.38. The van der Waals surface area contributed by atoms with Crippen molar-refractivity contribution in [3.8, 4) is 0 Å².